The average Bonchev–Trinajstić information content (AvgIpc) is 2.17. The van der Waals surface area contributed by atoms with E-state index >= 15 is 0 Å². The Bertz CT molecular complexity index is 199. The van der Waals surface area contributed by atoms with Crippen molar-refractivity contribution in [3.8, 4) is 0 Å². The molecule has 82 valence electrons. The third-order valence-corrected chi connectivity index (χ3v) is 3.52. The summed E-state index contributed by atoms with van der Waals surface area (Å²) in [4.78, 5) is 11.7. The van der Waals surface area contributed by atoms with Gasteiger partial charge in [0.05, 0.1) is 0 Å². The lowest BCUT2D eigenvalue weighted by molar-refractivity contribution is -0.126. The molecule has 0 saturated heterocycles. The van der Waals surface area contributed by atoms with Crippen LogP contribution in [0.1, 0.15) is 46.0 Å². The number of hydrogen-bond donors (Lipinski definition) is 1. The maximum atomic E-state index is 11.7. The number of carbonyl (C=O) groups is 1. The third kappa shape index (κ3) is 3.16. The molecule has 0 aromatic rings. The summed E-state index contributed by atoms with van der Waals surface area (Å²) in [6, 6.07) is 0. The summed E-state index contributed by atoms with van der Waals surface area (Å²) < 4.78 is 0. The van der Waals surface area contributed by atoms with Gasteiger partial charge in [0, 0.05) is 17.3 Å². The number of carbonyl (C=O) groups excluding carboxylic acids is 1. The molecule has 1 fully saturated rings. The Balaban J connectivity index is 2.44. The van der Waals surface area contributed by atoms with Gasteiger partial charge in [-0.05, 0) is 19.8 Å². The zero-order valence-electron chi connectivity index (χ0n) is 9.11. The standard InChI is InChI=1S/C11H20ClNO/c1-9(8-12)10(14)13-11(2)6-4-3-5-7-11/h9H,3-8H2,1-2H3,(H,13,14). The van der Waals surface area contributed by atoms with Gasteiger partial charge in [-0.25, -0.2) is 0 Å². The van der Waals surface area contributed by atoms with Crippen LogP contribution in [0.2, 0.25) is 0 Å². The minimum Gasteiger partial charge on any atom is -0.351 e. The fraction of sp³-hybridized carbons (Fsp3) is 0.909. The van der Waals surface area contributed by atoms with Gasteiger partial charge in [-0.1, -0.05) is 26.2 Å². The molecule has 0 radical (unpaired) electrons. The Kier molecular flexibility index (Phi) is 4.24. The molecule has 0 heterocycles. The Labute approximate surface area is 91.4 Å². The summed E-state index contributed by atoms with van der Waals surface area (Å²) >= 11 is 5.65. The van der Waals surface area contributed by atoms with Crippen LogP contribution in [0.25, 0.3) is 0 Å². The van der Waals surface area contributed by atoms with Crippen molar-refractivity contribution in [2.75, 3.05) is 5.88 Å². The molecule has 0 spiro atoms. The Morgan fingerprint density at radius 1 is 1.43 bits per heavy atom. The van der Waals surface area contributed by atoms with E-state index in [4.69, 9.17) is 11.6 Å². The van der Waals surface area contributed by atoms with Gasteiger partial charge in [0.25, 0.3) is 0 Å². The van der Waals surface area contributed by atoms with Crippen molar-refractivity contribution in [1.82, 2.24) is 5.32 Å². The zero-order valence-corrected chi connectivity index (χ0v) is 9.86. The molecule has 1 N–H and O–H groups in total. The second-order valence-electron chi connectivity index (χ2n) is 4.67. The van der Waals surface area contributed by atoms with Crippen molar-refractivity contribution in [1.29, 1.82) is 0 Å². The van der Waals surface area contributed by atoms with E-state index in [9.17, 15) is 4.79 Å². The van der Waals surface area contributed by atoms with E-state index in [0.717, 1.165) is 12.8 Å². The van der Waals surface area contributed by atoms with Crippen LogP contribution in [0.15, 0.2) is 0 Å². The lowest BCUT2D eigenvalue weighted by Gasteiger charge is -2.35. The fourth-order valence-corrected chi connectivity index (χ4v) is 2.09. The summed E-state index contributed by atoms with van der Waals surface area (Å²) in [7, 11) is 0. The van der Waals surface area contributed by atoms with E-state index in [-0.39, 0.29) is 17.4 Å². The fourth-order valence-electron chi connectivity index (χ4n) is 1.95. The van der Waals surface area contributed by atoms with E-state index in [1.165, 1.54) is 19.3 Å². The minimum atomic E-state index is -0.0737. The molecule has 14 heavy (non-hydrogen) atoms. The van der Waals surface area contributed by atoms with Gasteiger partial charge in [0.2, 0.25) is 5.91 Å². The quantitative estimate of drug-likeness (QED) is 0.724. The average molecular weight is 218 g/mol. The summed E-state index contributed by atoms with van der Waals surface area (Å²) in [6.07, 6.45) is 5.97. The normalized spacial score (nSPS) is 22.8. The number of hydrogen-bond acceptors (Lipinski definition) is 1. The van der Waals surface area contributed by atoms with Crippen LogP contribution >= 0.6 is 11.6 Å². The summed E-state index contributed by atoms with van der Waals surface area (Å²) in [5, 5.41) is 3.12. The van der Waals surface area contributed by atoms with Crippen molar-refractivity contribution in [3.05, 3.63) is 0 Å². The first-order chi connectivity index (χ1) is 6.57. The van der Waals surface area contributed by atoms with E-state index in [2.05, 4.69) is 12.2 Å². The van der Waals surface area contributed by atoms with Gasteiger partial charge in [0.1, 0.15) is 0 Å². The predicted octanol–water partition coefficient (Wildman–Crippen LogP) is 2.70. The van der Waals surface area contributed by atoms with Gasteiger partial charge in [-0.3, -0.25) is 4.79 Å². The molecule has 3 heteroatoms. The number of nitrogens with one attached hydrogen (secondary N) is 1. The van der Waals surface area contributed by atoms with Crippen molar-refractivity contribution < 1.29 is 4.79 Å². The molecule has 1 saturated carbocycles. The highest BCUT2D eigenvalue weighted by Crippen LogP contribution is 2.27. The summed E-state index contributed by atoms with van der Waals surface area (Å²) in [5.41, 5.74) is 0.0235. The molecule has 0 aromatic heterocycles. The van der Waals surface area contributed by atoms with Gasteiger partial charge >= 0.3 is 0 Å². The number of halogens is 1. The molecule has 1 amide bonds. The summed E-state index contributed by atoms with van der Waals surface area (Å²) in [6.45, 7) is 4.01. The van der Waals surface area contributed by atoms with Gasteiger partial charge in [-0.2, -0.15) is 0 Å². The Morgan fingerprint density at radius 2 is 2.00 bits per heavy atom. The van der Waals surface area contributed by atoms with Crippen molar-refractivity contribution >= 4 is 17.5 Å². The van der Waals surface area contributed by atoms with Crippen LogP contribution in [0.5, 0.6) is 0 Å². The molecule has 1 aliphatic rings. The highest BCUT2D eigenvalue weighted by Gasteiger charge is 2.29. The van der Waals surface area contributed by atoms with Crippen molar-refractivity contribution in [3.63, 3.8) is 0 Å². The zero-order chi connectivity index (χ0) is 10.6. The van der Waals surface area contributed by atoms with Gasteiger partial charge < -0.3 is 5.32 Å². The van der Waals surface area contributed by atoms with Crippen LogP contribution < -0.4 is 5.32 Å². The van der Waals surface area contributed by atoms with Crippen LogP contribution in [0.4, 0.5) is 0 Å². The lowest BCUT2D eigenvalue weighted by Crippen LogP contribution is -2.49. The molecule has 1 aliphatic carbocycles. The molecule has 1 unspecified atom stereocenters. The molecule has 2 nitrogen and oxygen atoms in total. The predicted molar refractivity (Wildman–Crippen MR) is 59.5 cm³/mol. The smallest absolute Gasteiger partial charge is 0.224 e. The number of amides is 1. The molecular weight excluding hydrogens is 198 g/mol. The molecule has 0 bridgehead atoms. The maximum Gasteiger partial charge on any atom is 0.224 e. The van der Waals surface area contributed by atoms with Gasteiger partial charge in [-0.15, -0.1) is 11.6 Å². The van der Waals surface area contributed by atoms with E-state index in [1.807, 2.05) is 6.92 Å². The van der Waals surface area contributed by atoms with Crippen molar-refractivity contribution in [2.45, 2.75) is 51.5 Å². The monoisotopic (exact) mass is 217 g/mol. The first-order valence-corrected chi connectivity index (χ1v) is 5.99. The second-order valence-corrected chi connectivity index (χ2v) is 4.97. The highest BCUT2D eigenvalue weighted by molar-refractivity contribution is 6.19. The first kappa shape index (κ1) is 11.8. The van der Waals surface area contributed by atoms with E-state index in [1.54, 1.807) is 0 Å². The largest absolute Gasteiger partial charge is 0.351 e. The lowest BCUT2D eigenvalue weighted by atomic mass is 9.83. The molecular formula is C11H20ClNO. The van der Waals surface area contributed by atoms with Crippen LogP contribution in [0.3, 0.4) is 0 Å². The second kappa shape index (κ2) is 5.01. The number of alkyl halides is 1. The molecule has 0 aliphatic heterocycles. The van der Waals surface area contributed by atoms with Crippen LogP contribution in [0, 0.1) is 5.92 Å². The Morgan fingerprint density at radius 3 is 2.50 bits per heavy atom. The van der Waals surface area contributed by atoms with Crippen molar-refractivity contribution in [2.24, 2.45) is 5.92 Å². The maximum absolute atomic E-state index is 11.7. The third-order valence-electron chi connectivity index (χ3n) is 3.06. The summed E-state index contributed by atoms with van der Waals surface area (Å²) in [5.74, 6) is 0.432. The van der Waals surface area contributed by atoms with E-state index in [0.29, 0.717) is 5.88 Å². The highest BCUT2D eigenvalue weighted by atomic mass is 35.5. The minimum absolute atomic E-state index is 0.0235. The molecule has 1 rings (SSSR count). The van der Waals surface area contributed by atoms with Gasteiger partial charge in [0.15, 0.2) is 0 Å². The first-order valence-electron chi connectivity index (χ1n) is 5.45. The topological polar surface area (TPSA) is 29.1 Å². The SMILES string of the molecule is CC(CCl)C(=O)NC1(C)CCCCC1. The van der Waals surface area contributed by atoms with E-state index < -0.39 is 0 Å². The van der Waals surface area contributed by atoms with Crippen LogP contribution in [-0.4, -0.2) is 17.3 Å². The molecule has 1 atom stereocenters. The molecule has 0 aromatic carbocycles. The Hall–Kier alpha value is -0.240. The van der Waals surface area contributed by atoms with Crippen LogP contribution in [-0.2, 0) is 4.79 Å². The number of rotatable bonds is 3.